The molecule has 21 heavy (non-hydrogen) atoms. The van der Waals surface area contributed by atoms with Crippen molar-refractivity contribution in [3.63, 3.8) is 0 Å². The zero-order valence-electron chi connectivity index (χ0n) is 13.6. The zero-order valence-corrected chi connectivity index (χ0v) is 13.6. The number of nitrogens with one attached hydrogen (secondary N) is 1. The normalized spacial score (nSPS) is 31.2. The molecule has 1 saturated heterocycles. The zero-order chi connectivity index (χ0) is 15.6. The molecule has 120 valence electrons. The molecule has 2 amide bonds. The third-order valence-corrected chi connectivity index (χ3v) is 5.09. The summed E-state index contributed by atoms with van der Waals surface area (Å²) in [5.74, 6) is 0.505. The Kier molecular flexibility index (Phi) is 4.91. The molecular formula is C16H28N2O3. The van der Waals surface area contributed by atoms with Gasteiger partial charge in [0.2, 0.25) is 11.8 Å². The Morgan fingerprint density at radius 3 is 2.57 bits per heavy atom. The molecule has 1 heterocycles. The average Bonchev–Trinajstić information content (AvgIpc) is 3.30. The van der Waals surface area contributed by atoms with Crippen LogP contribution in [-0.4, -0.2) is 48.1 Å². The van der Waals surface area contributed by atoms with Crippen molar-refractivity contribution in [1.29, 1.82) is 0 Å². The summed E-state index contributed by atoms with van der Waals surface area (Å²) in [6.07, 6.45) is 2.92. The third-order valence-electron chi connectivity index (χ3n) is 5.09. The molecule has 1 N–H and O–H groups in total. The molecule has 1 aliphatic carbocycles. The van der Waals surface area contributed by atoms with Gasteiger partial charge in [0.1, 0.15) is 11.6 Å². The summed E-state index contributed by atoms with van der Waals surface area (Å²) >= 11 is 0. The lowest BCUT2D eigenvalue weighted by Gasteiger charge is -2.47. The van der Waals surface area contributed by atoms with Gasteiger partial charge in [0.25, 0.3) is 0 Å². The lowest BCUT2D eigenvalue weighted by Crippen LogP contribution is -2.71. The van der Waals surface area contributed by atoms with Crippen molar-refractivity contribution in [3.05, 3.63) is 0 Å². The van der Waals surface area contributed by atoms with Gasteiger partial charge >= 0.3 is 0 Å². The van der Waals surface area contributed by atoms with Gasteiger partial charge in [-0.1, -0.05) is 20.3 Å². The van der Waals surface area contributed by atoms with Crippen LogP contribution in [0.4, 0.5) is 0 Å². The van der Waals surface area contributed by atoms with E-state index in [0.717, 1.165) is 19.3 Å². The maximum atomic E-state index is 12.9. The van der Waals surface area contributed by atoms with E-state index in [9.17, 15) is 9.59 Å². The topological polar surface area (TPSA) is 58.6 Å². The summed E-state index contributed by atoms with van der Waals surface area (Å²) in [4.78, 5) is 27.3. The minimum Gasteiger partial charge on any atom is -0.380 e. The van der Waals surface area contributed by atoms with E-state index in [-0.39, 0.29) is 17.7 Å². The Balaban J connectivity index is 2.21. The lowest BCUT2D eigenvalue weighted by atomic mass is 9.85. The van der Waals surface area contributed by atoms with Crippen LogP contribution in [0, 0.1) is 11.8 Å². The molecule has 0 aromatic heterocycles. The van der Waals surface area contributed by atoms with E-state index >= 15 is 0 Å². The summed E-state index contributed by atoms with van der Waals surface area (Å²) in [5.41, 5.74) is -0.696. The van der Waals surface area contributed by atoms with Crippen LogP contribution in [0.2, 0.25) is 0 Å². The van der Waals surface area contributed by atoms with Crippen molar-refractivity contribution < 1.29 is 14.3 Å². The molecule has 0 aromatic carbocycles. The van der Waals surface area contributed by atoms with Gasteiger partial charge in [0, 0.05) is 13.2 Å². The predicted octanol–water partition coefficient (Wildman–Crippen LogP) is 1.56. The highest BCUT2D eigenvalue weighted by Gasteiger charge is 2.57. The molecule has 0 bridgehead atoms. The van der Waals surface area contributed by atoms with E-state index in [0.29, 0.717) is 25.7 Å². The molecule has 2 rings (SSSR count). The number of carbonyl (C=O) groups is 2. The van der Waals surface area contributed by atoms with Crippen LogP contribution in [-0.2, 0) is 14.3 Å². The van der Waals surface area contributed by atoms with E-state index in [2.05, 4.69) is 5.32 Å². The molecule has 2 aliphatic rings. The summed E-state index contributed by atoms with van der Waals surface area (Å²) in [5, 5.41) is 2.98. The van der Waals surface area contributed by atoms with Gasteiger partial charge in [-0.3, -0.25) is 9.59 Å². The molecule has 1 saturated carbocycles. The molecule has 0 aromatic rings. The SMILES string of the molecule is CCOCCN1C(=O)C(C(C)CC)NC(=O)C1(C)C1CC1. The molecule has 0 radical (unpaired) electrons. The largest absolute Gasteiger partial charge is 0.380 e. The molecule has 1 aliphatic heterocycles. The Bertz CT molecular complexity index is 408. The second-order valence-corrected chi connectivity index (χ2v) is 6.45. The minimum atomic E-state index is -0.696. The fourth-order valence-corrected chi connectivity index (χ4v) is 3.18. The molecule has 2 fully saturated rings. The maximum Gasteiger partial charge on any atom is 0.246 e. The van der Waals surface area contributed by atoms with Gasteiger partial charge in [-0.05, 0) is 38.5 Å². The fraction of sp³-hybridized carbons (Fsp3) is 0.875. The summed E-state index contributed by atoms with van der Waals surface area (Å²) in [6.45, 7) is 9.53. The van der Waals surface area contributed by atoms with Crippen LogP contribution < -0.4 is 5.32 Å². The van der Waals surface area contributed by atoms with Gasteiger partial charge in [-0.15, -0.1) is 0 Å². The number of hydrogen-bond donors (Lipinski definition) is 1. The van der Waals surface area contributed by atoms with E-state index in [1.54, 1.807) is 4.90 Å². The molecule has 5 nitrogen and oxygen atoms in total. The van der Waals surface area contributed by atoms with Gasteiger partial charge in [-0.2, -0.15) is 0 Å². The van der Waals surface area contributed by atoms with E-state index in [1.165, 1.54) is 0 Å². The van der Waals surface area contributed by atoms with Crippen molar-refractivity contribution in [1.82, 2.24) is 10.2 Å². The van der Waals surface area contributed by atoms with Crippen molar-refractivity contribution in [2.45, 2.75) is 58.5 Å². The second kappa shape index (κ2) is 6.34. The van der Waals surface area contributed by atoms with Crippen molar-refractivity contribution in [2.75, 3.05) is 19.8 Å². The Morgan fingerprint density at radius 1 is 1.38 bits per heavy atom. The quantitative estimate of drug-likeness (QED) is 0.725. The minimum absolute atomic E-state index is 0.00592. The predicted molar refractivity (Wildman–Crippen MR) is 80.7 cm³/mol. The highest BCUT2D eigenvalue weighted by atomic mass is 16.5. The molecule has 3 atom stereocenters. The van der Waals surface area contributed by atoms with E-state index in [4.69, 9.17) is 4.74 Å². The second-order valence-electron chi connectivity index (χ2n) is 6.45. The molecule has 5 heteroatoms. The highest BCUT2D eigenvalue weighted by molar-refractivity contribution is 6.00. The Morgan fingerprint density at radius 2 is 2.05 bits per heavy atom. The van der Waals surface area contributed by atoms with Gasteiger partial charge in [0.15, 0.2) is 0 Å². The van der Waals surface area contributed by atoms with E-state index in [1.807, 2.05) is 27.7 Å². The summed E-state index contributed by atoms with van der Waals surface area (Å²) < 4.78 is 5.41. The van der Waals surface area contributed by atoms with Crippen LogP contribution in [0.25, 0.3) is 0 Å². The number of hydrogen-bond acceptors (Lipinski definition) is 3. The first-order chi connectivity index (χ1) is 9.96. The average molecular weight is 296 g/mol. The monoisotopic (exact) mass is 296 g/mol. The fourth-order valence-electron chi connectivity index (χ4n) is 3.18. The van der Waals surface area contributed by atoms with Gasteiger partial charge < -0.3 is 15.0 Å². The smallest absolute Gasteiger partial charge is 0.246 e. The summed E-state index contributed by atoms with van der Waals surface area (Å²) in [6, 6.07) is -0.393. The van der Waals surface area contributed by atoms with Gasteiger partial charge in [0.05, 0.1) is 6.61 Å². The van der Waals surface area contributed by atoms with Crippen molar-refractivity contribution in [2.24, 2.45) is 11.8 Å². The molecule has 3 unspecified atom stereocenters. The first-order valence-corrected chi connectivity index (χ1v) is 8.16. The maximum absolute atomic E-state index is 12.9. The summed E-state index contributed by atoms with van der Waals surface area (Å²) in [7, 11) is 0. The highest BCUT2D eigenvalue weighted by Crippen LogP contribution is 2.45. The first kappa shape index (κ1) is 16.3. The number of ether oxygens (including phenoxy) is 1. The standard InChI is InChI=1S/C16H28N2O3/c1-5-11(3)13-14(19)18(9-10-21-6-2)16(4,12-7-8-12)15(20)17-13/h11-13H,5-10H2,1-4H3,(H,17,20). The Labute approximate surface area is 127 Å². The number of rotatable bonds is 7. The first-order valence-electron chi connectivity index (χ1n) is 8.16. The lowest BCUT2D eigenvalue weighted by molar-refractivity contribution is -0.160. The Hall–Kier alpha value is -1.10. The molecular weight excluding hydrogens is 268 g/mol. The molecule has 0 spiro atoms. The van der Waals surface area contributed by atoms with E-state index < -0.39 is 11.6 Å². The number of nitrogens with zero attached hydrogens (tertiary/aromatic N) is 1. The van der Waals surface area contributed by atoms with Crippen LogP contribution in [0.3, 0.4) is 0 Å². The van der Waals surface area contributed by atoms with Crippen molar-refractivity contribution >= 4 is 11.8 Å². The number of piperazine rings is 1. The van der Waals surface area contributed by atoms with Crippen molar-refractivity contribution in [3.8, 4) is 0 Å². The van der Waals surface area contributed by atoms with Crippen LogP contribution in [0.5, 0.6) is 0 Å². The van der Waals surface area contributed by atoms with Gasteiger partial charge in [-0.25, -0.2) is 0 Å². The number of carbonyl (C=O) groups excluding carboxylic acids is 2. The van der Waals surface area contributed by atoms with Crippen LogP contribution in [0.15, 0.2) is 0 Å². The van der Waals surface area contributed by atoms with Crippen LogP contribution in [0.1, 0.15) is 47.0 Å². The number of amides is 2. The van der Waals surface area contributed by atoms with Crippen LogP contribution >= 0.6 is 0 Å². The third kappa shape index (κ3) is 2.93.